The maximum atomic E-state index is 13.0. The van der Waals surface area contributed by atoms with E-state index in [4.69, 9.17) is 9.84 Å². The summed E-state index contributed by atoms with van der Waals surface area (Å²) in [5.74, 6) is -1.02. The van der Waals surface area contributed by atoms with Crippen molar-refractivity contribution in [3.63, 3.8) is 0 Å². The van der Waals surface area contributed by atoms with Crippen LogP contribution in [-0.2, 0) is 14.3 Å². The molecular weight excluding hydrogens is 432 g/mol. The van der Waals surface area contributed by atoms with Gasteiger partial charge in [-0.25, -0.2) is 4.79 Å². The number of benzene rings is 2. The standard InChI is InChI=1S/C27H32N2O5/c30-24(31)14-2-1-9-17-28-25(32)27(15-7-8-16-27)29-26(33)34-18-23-21-12-5-3-10-19(21)20-11-4-6-13-22(20)23/h3-6,10-13,23H,1-2,7-9,14-18H2,(H,28,32)(H,29,33)(H,30,31). The third-order valence-corrected chi connectivity index (χ3v) is 6.93. The van der Waals surface area contributed by atoms with Crippen LogP contribution in [0.5, 0.6) is 0 Å². The molecule has 0 aliphatic heterocycles. The summed E-state index contributed by atoms with van der Waals surface area (Å²) in [5, 5.41) is 14.5. The van der Waals surface area contributed by atoms with Gasteiger partial charge in [-0.3, -0.25) is 9.59 Å². The highest BCUT2D eigenvalue weighted by Gasteiger charge is 2.43. The van der Waals surface area contributed by atoms with E-state index < -0.39 is 17.6 Å². The van der Waals surface area contributed by atoms with Crippen molar-refractivity contribution in [2.75, 3.05) is 13.2 Å². The summed E-state index contributed by atoms with van der Waals surface area (Å²) < 4.78 is 5.67. The third-order valence-electron chi connectivity index (χ3n) is 6.93. The number of nitrogens with one attached hydrogen (secondary N) is 2. The predicted octanol–water partition coefficient (Wildman–Crippen LogP) is 4.60. The number of alkyl carbamates (subject to hydrolysis) is 1. The topological polar surface area (TPSA) is 105 Å². The Hall–Kier alpha value is -3.35. The van der Waals surface area contributed by atoms with E-state index in [1.807, 2.05) is 24.3 Å². The van der Waals surface area contributed by atoms with Crippen molar-refractivity contribution in [1.29, 1.82) is 0 Å². The molecule has 2 aromatic carbocycles. The van der Waals surface area contributed by atoms with Gasteiger partial charge < -0.3 is 20.5 Å². The molecule has 7 heteroatoms. The van der Waals surface area contributed by atoms with Crippen molar-refractivity contribution in [1.82, 2.24) is 10.6 Å². The number of carboxylic acids is 1. The largest absolute Gasteiger partial charge is 0.481 e. The van der Waals surface area contributed by atoms with Gasteiger partial charge in [-0.2, -0.15) is 0 Å². The Kier molecular flexibility index (Phi) is 7.50. The number of rotatable bonds is 10. The molecule has 7 nitrogen and oxygen atoms in total. The molecule has 1 fully saturated rings. The fourth-order valence-corrected chi connectivity index (χ4v) is 5.17. The zero-order chi connectivity index (χ0) is 24.0. The number of hydrogen-bond acceptors (Lipinski definition) is 4. The maximum Gasteiger partial charge on any atom is 0.408 e. The van der Waals surface area contributed by atoms with Gasteiger partial charge in [-0.15, -0.1) is 0 Å². The number of ether oxygens (including phenoxy) is 1. The predicted molar refractivity (Wildman–Crippen MR) is 129 cm³/mol. The lowest BCUT2D eigenvalue weighted by atomic mass is 9.96. The Bertz CT molecular complexity index is 999. The van der Waals surface area contributed by atoms with Gasteiger partial charge in [-0.1, -0.05) is 67.8 Å². The van der Waals surface area contributed by atoms with Gasteiger partial charge in [0.25, 0.3) is 0 Å². The van der Waals surface area contributed by atoms with E-state index in [1.165, 1.54) is 11.1 Å². The molecule has 0 radical (unpaired) electrons. The van der Waals surface area contributed by atoms with Gasteiger partial charge in [0, 0.05) is 18.9 Å². The van der Waals surface area contributed by atoms with Crippen LogP contribution in [0, 0.1) is 0 Å². The highest BCUT2D eigenvalue weighted by molar-refractivity contribution is 5.90. The fourth-order valence-electron chi connectivity index (χ4n) is 5.17. The Morgan fingerprint density at radius 3 is 2.15 bits per heavy atom. The van der Waals surface area contributed by atoms with Gasteiger partial charge >= 0.3 is 12.1 Å². The van der Waals surface area contributed by atoms with Crippen molar-refractivity contribution in [3.05, 3.63) is 59.7 Å². The Balaban J connectivity index is 1.32. The second-order valence-corrected chi connectivity index (χ2v) is 9.20. The summed E-state index contributed by atoms with van der Waals surface area (Å²) >= 11 is 0. The summed E-state index contributed by atoms with van der Waals surface area (Å²) in [7, 11) is 0. The van der Waals surface area contributed by atoms with E-state index in [1.54, 1.807) is 0 Å². The summed E-state index contributed by atoms with van der Waals surface area (Å²) in [4.78, 5) is 36.4. The van der Waals surface area contributed by atoms with Crippen LogP contribution in [0.2, 0.25) is 0 Å². The van der Waals surface area contributed by atoms with E-state index in [2.05, 4.69) is 34.9 Å². The fraction of sp³-hybridized carbons (Fsp3) is 0.444. The minimum Gasteiger partial charge on any atom is -0.481 e. The first-order valence-corrected chi connectivity index (χ1v) is 12.1. The number of aliphatic carboxylic acids is 1. The molecule has 3 N–H and O–H groups in total. The molecule has 0 unspecified atom stereocenters. The molecule has 180 valence electrons. The smallest absolute Gasteiger partial charge is 0.408 e. The Morgan fingerprint density at radius 2 is 1.53 bits per heavy atom. The first-order chi connectivity index (χ1) is 16.5. The van der Waals surface area contributed by atoms with Gasteiger partial charge in [0.15, 0.2) is 0 Å². The summed E-state index contributed by atoms with van der Waals surface area (Å²) in [6, 6.07) is 16.4. The molecule has 1 saturated carbocycles. The summed E-state index contributed by atoms with van der Waals surface area (Å²) in [6.45, 7) is 0.674. The molecule has 34 heavy (non-hydrogen) atoms. The third kappa shape index (κ3) is 5.24. The van der Waals surface area contributed by atoms with Crippen molar-refractivity contribution in [2.24, 2.45) is 0 Å². The van der Waals surface area contributed by atoms with Crippen LogP contribution in [0.15, 0.2) is 48.5 Å². The van der Waals surface area contributed by atoms with Crippen molar-refractivity contribution < 1.29 is 24.2 Å². The molecule has 0 heterocycles. The van der Waals surface area contributed by atoms with E-state index in [0.29, 0.717) is 32.2 Å². The highest BCUT2D eigenvalue weighted by Crippen LogP contribution is 2.44. The average Bonchev–Trinajstić information content (AvgIpc) is 3.43. The first kappa shape index (κ1) is 23.8. The van der Waals surface area contributed by atoms with Crippen LogP contribution in [0.3, 0.4) is 0 Å². The number of amides is 2. The van der Waals surface area contributed by atoms with Crippen LogP contribution < -0.4 is 10.6 Å². The normalized spacial score (nSPS) is 15.9. The number of unbranched alkanes of at least 4 members (excludes halogenated alkanes) is 2. The number of fused-ring (bicyclic) bond motifs is 3. The van der Waals surface area contributed by atoms with Gasteiger partial charge in [0.1, 0.15) is 12.1 Å². The van der Waals surface area contributed by atoms with E-state index >= 15 is 0 Å². The summed E-state index contributed by atoms with van der Waals surface area (Å²) in [6.07, 6.45) is 4.52. The lowest BCUT2D eigenvalue weighted by molar-refractivity contribution is -0.137. The minimum atomic E-state index is -0.941. The van der Waals surface area contributed by atoms with Gasteiger partial charge in [0.2, 0.25) is 5.91 Å². The highest BCUT2D eigenvalue weighted by atomic mass is 16.5. The number of carbonyl (C=O) groups is 3. The Morgan fingerprint density at radius 1 is 0.912 bits per heavy atom. The monoisotopic (exact) mass is 464 g/mol. The molecule has 0 aromatic heterocycles. The molecule has 2 aliphatic rings. The second kappa shape index (κ2) is 10.7. The van der Waals surface area contributed by atoms with Crippen LogP contribution in [0.1, 0.15) is 68.4 Å². The number of carbonyl (C=O) groups excluding carboxylic acids is 2. The number of carboxylic acid groups (broad SMARTS) is 1. The van der Waals surface area contributed by atoms with Gasteiger partial charge in [0.05, 0.1) is 0 Å². The number of hydrogen-bond donors (Lipinski definition) is 3. The maximum absolute atomic E-state index is 13.0. The summed E-state index contributed by atoms with van der Waals surface area (Å²) in [5.41, 5.74) is 3.69. The minimum absolute atomic E-state index is 0.0303. The molecule has 2 aromatic rings. The van der Waals surface area contributed by atoms with Crippen LogP contribution >= 0.6 is 0 Å². The average molecular weight is 465 g/mol. The lowest BCUT2D eigenvalue weighted by Crippen LogP contribution is -2.57. The molecule has 0 saturated heterocycles. The zero-order valence-corrected chi connectivity index (χ0v) is 19.3. The molecule has 2 amide bonds. The van der Waals surface area contributed by atoms with Gasteiger partial charge in [-0.05, 0) is 47.9 Å². The molecule has 2 aliphatic carbocycles. The van der Waals surface area contributed by atoms with Crippen LogP contribution in [-0.4, -0.2) is 41.8 Å². The van der Waals surface area contributed by atoms with Crippen LogP contribution in [0.25, 0.3) is 11.1 Å². The van der Waals surface area contributed by atoms with Crippen LogP contribution in [0.4, 0.5) is 4.79 Å². The van der Waals surface area contributed by atoms with E-state index in [9.17, 15) is 14.4 Å². The quantitative estimate of drug-likeness (QED) is 0.446. The molecule has 0 atom stereocenters. The lowest BCUT2D eigenvalue weighted by Gasteiger charge is -2.29. The molecule has 0 bridgehead atoms. The molecular formula is C27H32N2O5. The molecule has 4 rings (SSSR count). The van der Waals surface area contributed by atoms with Crippen molar-refractivity contribution in [3.8, 4) is 11.1 Å². The first-order valence-electron chi connectivity index (χ1n) is 12.1. The zero-order valence-electron chi connectivity index (χ0n) is 19.3. The van der Waals surface area contributed by atoms with Crippen molar-refractivity contribution in [2.45, 2.75) is 62.8 Å². The van der Waals surface area contributed by atoms with E-state index in [0.717, 1.165) is 30.4 Å². The van der Waals surface area contributed by atoms with Crippen molar-refractivity contribution >= 4 is 18.0 Å². The SMILES string of the molecule is O=C(O)CCCCCNC(=O)C1(NC(=O)OCC2c3ccccc3-c3ccccc32)CCCC1. The molecule has 0 spiro atoms. The second-order valence-electron chi connectivity index (χ2n) is 9.20. The Labute approximate surface area is 199 Å². The van der Waals surface area contributed by atoms with E-state index in [-0.39, 0.29) is 24.9 Å².